The van der Waals surface area contributed by atoms with Crippen LogP contribution in [0.4, 0.5) is 0 Å². The monoisotopic (exact) mass is 184 g/mol. The van der Waals surface area contributed by atoms with Gasteiger partial charge in [0.05, 0.1) is 0 Å². The normalized spacial score (nSPS) is 27.2. The average molecular weight is 184 g/mol. The Balaban J connectivity index is 3.03. The summed E-state index contributed by atoms with van der Waals surface area (Å²) in [5.74, 6) is -5.34. The molecule has 1 rings (SSSR count). The molecule has 0 amide bonds. The zero-order chi connectivity index (χ0) is 10.2. The predicted molar refractivity (Wildman–Crippen MR) is 39.4 cm³/mol. The fourth-order valence-corrected chi connectivity index (χ4v) is 1.30. The lowest BCUT2D eigenvalue weighted by molar-refractivity contribution is -0.154. The van der Waals surface area contributed by atoms with E-state index in [0.29, 0.717) is 0 Å². The molecule has 13 heavy (non-hydrogen) atoms. The molecule has 1 saturated heterocycles. The average Bonchev–Trinajstić information content (AvgIpc) is 2.24. The standard InChI is InChI=1S/C8H8O5/c1-3(9)5-6(4(2)10)8(12)13-7(5)11/h5-6H,1-2H3/t5-,6-/m0/s1. The van der Waals surface area contributed by atoms with Gasteiger partial charge in [0.1, 0.15) is 23.4 Å². The van der Waals surface area contributed by atoms with Crippen LogP contribution in [0.1, 0.15) is 13.8 Å². The van der Waals surface area contributed by atoms with Crippen molar-refractivity contribution < 1.29 is 23.9 Å². The predicted octanol–water partition coefficient (Wildman–Crippen LogP) is -0.520. The Bertz CT molecular complexity index is 274. The minimum atomic E-state index is -1.23. The van der Waals surface area contributed by atoms with Crippen LogP contribution in [-0.4, -0.2) is 23.5 Å². The van der Waals surface area contributed by atoms with Crippen LogP contribution in [0.2, 0.25) is 0 Å². The van der Waals surface area contributed by atoms with E-state index in [2.05, 4.69) is 4.74 Å². The smallest absolute Gasteiger partial charge is 0.325 e. The van der Waals surface area contributed by atoms with Crippen LogP contribution in [0.3, 0.4) is 0 Å². The van der Waals surface area contributed by atoms with Crippen molar-refractivity contribution in [3.05, 3.63) is 0 Å². The number of hydrogen-bond acceptors (Lipinski definition) is 5. The third-order valence-electron chi connectivity index (χ3n) is 1.92. The summed E-state index contributed by atoms with van der Waals surface area (Å²) < 4.78 is 4.19. The molecule has 1 fully saturated rings. The van der Waals surface area contributed by atoms with Gasteiger partial charge in [0.25, 0.3) is 0 Å². The summed E-state index contributed by atoms with van der Waals surface area (Å²) in [5.41, 5.74) is 0. The third kappa shape index (κ3) is 1.49. The van der Waals surface area contributed by atoms with Gasteiger partial charge in [-0.3, -0.25) is 19.2 Å². The Morgan fingerprint density at radius 3 is 1.54 bits per heavy atom. The lowest BCUT2D eigenvalue weighted by Gasteiger charge is -2.05. The number of cyclic esters (lactones) is 2. The van der Waals surface area contributed by atoms with Crippen LogP contribution in [0, 0.1) is 11.8 Å². The molecule has 5 nitrogen and oxygen atoms in total. The van der Waals surface area contributed by atoms with Gasteiger partial charge in [-0.15, -0.1) is 0 Å². The second-order valence-corrected chi connectivity index (χ2v) is 2.92. The number of hydrogen-bond donors (Lipinski definition) is 0. The zero-order valence-electron chi connectivity index (χ0n) is 7.20. The van der Waals surface area contributed by atoms with E-state index in [1.165, 1.54) is 0 Å². The van der Waals surface area contributed by atoms with Gasteiger partial charge in [-0.25, -0.2) is 0 Å². The number of Topliss-reactive ketones (excluding diaryl/α,β-unsaturated/α-hetero) is 2. The van der Waals surface area contributed by atoms with Gasteiger partial charge in [-0.05, 0) is 13.8 Å². The fraction of sp³-hybridized carbons (Fsp3) is 0.500. The fourth-order valence-electron chi connectivity index (χ4n) is 1.30. The topological polar surface area (TPSA) is 77.5 Å². The van der Waals surface area contributed by atoms with Crippen LogP contribution >= 0.6 is 0 Å². The third-order valence-corrected chi connectivity index (χ3v) is 1.92. The molecule has 1 aliphatic heterocycles. The van der Waals surface area contributed by atoms with E-state index in [1.54, 1.807) is 0 Å². The van der Waals surface area contributed by atoms with Crippen molar-refractivity contribution in [3.63, 3.8) is 0 Å². The largest absolute Gasteiger partial charge is 0.392 e. The molecule has 0 aromatic carbocycles. The highest BCUT2D eigenvalue weighted by Gasteiger charge is 2.49. The molecule has 70 valence electrons. The van der Waals surface area contributed by atoms with Gasteiger partial charge in [0, 0.05) is 0 Å². The SMILES string of the molecule is CC(=O)[C@@H]1C(=O)OC(=O)[C@H]1C(C)=O. The van der Waals surface area contributed by atoms with Crippen molar-refractivity contribution in [2.45, 2.75) is 13.8 Å². The molecule has 1 heterocycles. The summed E-state index contributed by atoms with van der Waals surface area (Å²) in [5, 5.41) is 0. The molecule has 0 bridgehead atoms. The summed E-state index contributed by atoms with van der Waals surface area (Å²) in [4.78, 5) is 43.7. The number of carbonyl (C=O) groups excluding carboxylic acids is 4. The van der Waals surface area contributed by atoms with Gasteiger partial charge >= 0.3 is 11.9 Å². The second-order valence-electron chi connectivity index (χ2n) is 2.92. The number of carbonyl (C=O) groups is 4. The van der Waals surface area contributed by atoms with Crippen LogP contribution < -0.4 is 0 Å². The molecule has 0 aromatic rings. The maximum absolute atomic E-state index is 10.9. The first kappa shape index (κ1) is 9.57. The van der Waals surface area contributed by atoms with Crippen LogP contribution in [0.5, 0.6) is 0 Å². The highest BCUT2D eigenvalue weighted by atomic mass is 16.6. The number of ether oxygens (including phenoxy) is 1. The summed E-state index contributed by atoms with van der Waals surface area (Å²) in [6.45, 7) is 2.31. The molecule has 0 N–H and O–H groups in total. The van der Waals surface area contributed by atoms with Crippen molar-refractivity contribution in [1.29, 1.82) is 0 Å². The Morgan fingerprint density at radius 2 is 1.31 bits per heavy atom. The number of rotatable bonds is 2. The van der Waals surface area contributed by atoms with Crippen molar-refractivity contribution in [2.24, 2.45) is 11.8 Å². The van der Waals surface area contributed by atoms with Gasteiger partial charge in [-0.2, -0.15) is 0 Å². The Kier molecular flexibility index (Phi) is 2.27. The van der Waals surface area contributed by atoms with E-state index in [9.17, 15) is 19.2 Å². The minimum absolute atomic E-state index is 0.518. The van der Waals surface area contributed by atoms with E-state index in [0.717, 1.165) is 13.8 Å². The molecule has 0 aromatic heterocycles. The van der Waals surface area contributed by atoms with E-state index in [-0.39, 0.29) is 0 Å². The molecule has 0 aliphatic carbocycles. The quantitative estimate of drug-likeness (QED) is 0.426. The van der Waals surface area contributed by atoms with Crippen LogP contribution in [0.15, 0.2) is 0 Å². The summed E-state index contributed by atoms with van der Waals surface area (Å²) in [6.07, 6.45) is 0. The van der Waals surface area contributed by atoms with Crippen molar-refractivity contribution in [3.8, 4) is 0 Å². The van der Waals surface area contributed by atoms with Gasteiger partial charge in [0.2, 0.25) is 0 Å². The Labute approximate surface area is 74.0 Å². The number of esters is 2. The first-order valence-corrected chi connectivity index (χ1v) is 3.71. The van der Waals surface area contributed by atoms with Gasteiger partial charge < -0.3 is 4.74 Å². The second kappa shape index (κ2) is 3.08. The van der Waals surface area contributed by atoms with E-state index >= 15 is 0 Å². The van der Waals surface area contributed by atoms with Gasteiger partial charge in [-0.1, -0.05) is 0 Å². The molecular weight excluding hydrogens is 176 g/mol. The Hall–Kier alpha value is -1.52. The lowest BCUT2D eigenvalue weighted by Crippen LogP contribution is -2.29. The first-order valence-electron chi connectivity index (χ1n) is 3.71. The lowest BCUT2D eigenvalue weighted by atomic mass is 9.89. The maximum atomic E-state index is 10.9. The van der Waals surface area contributed by atoms with Crippen LogP contribution in [0.25, 0.3) is 0 Å². The molecule has 5 heteroatoms. The molecule has 1 aliphatic rings. The van der Waals surface area contributed by atoms with E-state index < -0.39 is 35.3 Å². The minimum Gasteiger partial charge on any atom is -0.392 e. The number of ketones is 2. The van der Waals surface area contributed by atoms with Gasteiger partial charge in [0.15, 0.2) is 0 Å². The highest BCUT2D eigenvalue weighted by molar-refractivity contribution is 6.17. The van der Waals surface area contributed by atoms with E-state index in [4.69, 9.17) is 0 Å². The molecule has 0 spiro atoms. The highest BCUT2D eigenvalue weighted by Crippen LogP contribution is 2.25. The molecular formula is C8H8O5. The molecule has 2 atom stereocenters. The summed E-state index contributed by atoms with van der Waals surface area (Å²) in [7, 11) is 0. The maximum Gasteiger partial charge on any atom is 0.325 e. The summed E-state index contributed by atoms with van der Waals surface area (Å²) in [6, 6.07) is 0. The molecule has 0 saturated carbocycles. The van der Waals surface area contributed by atoms with Crippen molar-refractivity contribution >= 4 is 23.5 Å². The molecule has 0 radical (unpaired) electrons. The molecule has 0 unspecified atom stereocenters. The van der Waals surface area contributed by atoms with Crippen LogP contribution in [-0.2, 0) is 23.9 Å². The van der Waals surface area contributed by atoms with Crippen molar-refractivity contribution in [1.82, 2.24) is 0 Å². The summed E-state index contributed by atoms with van der Waals surface area (Å²) >= 11 is 0. The van der Waals surface area contributed by atoms with E-state index in [1.807, 2.05) is 0 Å². The van der Waals surface area contributed by atoms with Crippen molar-refractivity contribution in [2.75, 3.05) is 0 Å². The zero-order valence-corrected chi connectivity index (χ0v) is 7.20. The first-order chi connectivity index (χ1) is 5.95. The Morgan fingerprint density at radius 1 is 1.00 bits per heavy atom.